The lowest BCUT2D eigenvalue weighted by Gasteiger charge is -2.34. The van der Waals surface area contributed by atoms with Gasteiger partial charge in [0, 0.05) is 45.0 Å². The van der Waals surface area contributed by atoms with E-state index in [2.05, 4.69) is 14.9 Å². The number of aromatic nitrogens is 3. The van der Waals surface area contributed by atoms with Crippen molar-refractivity contribution >= 4 is 17.3 Å². The molecule has 1 aliphatic rings. The molecule has 0 atom stereocenters. The van der Waals surface area contributed by atoms with Crippen molar-refractivity contribution in [2.24, 2.45) is 0 Å². The molecule has 1 saturated heterocycles. The van der Waals surface area contributed by atoms with Crippen molar-refractivity contribution in [3.63, 3.8) is 0 Å². The number of hydrogen-bond donors (Lipinski definition) is 0. The first-order valence-electron chi connectivity index (χ1n) is 8.21. The molecule has 0 amide bonds. The summed E-state index contributed by atoms with van der Waals surface area (Å²) in [4.78, 5) is 24.3. The molecule has 1 fully saturated rings. The summed E-state index contributed by atoms with van der Waals surface area (Å²) in [6.45, 7) is 3.85. The Morgan fingerprint density at radius 1 is 1.08 bits per heavy atom. The summed E-state index contributed by atoms with van der Waals surface area (Å²) >= 11 is 0. The lowest BCUT2D eigenvalue weighted by atomic mass is 10.2. The van der Waals surface area contributed by atoms with Gasteiger partial charge in [0.1, 0.15) is 0 Å². The van der Waals surface area contributed by atoms with Crippen LogP contribution in [0.25, 0.3) is 5.65 Å². The Kier molecular flexibility index (Phi) is 4.02. The van der Waals surface area contributed by atoms with Gasteiger partial charge in [-0.25, -0.2) is 0 Å². The molecule has 1 aliphatic heterocycles. The van der Waals surface area contributed by atoms with Crippen molar-refractivity contribution < 1.29 is 4.92 Å². The highest BCUT2D eigenvalue weighted by Gasteiger charge is 2.29. The van der Waals surface area contributed by atoms with Crippen LogP contribution in [0.15, 0.2) is 48.8 Å². The van der Waals surface area contributed by atoms with Crippen molar-refractivity contribution in [3.05, 3.63) is 64.6 Å². The summed E-state index contributed by atoms with van der Waals surface area (Å²) in [5.74, 6) is 0.488. The van der Waals surface area contributed by atoms with Crippen LogP contribution in [-0.4, -0.2) is 50.4 Å². The normalized spacial score (nSPS) is 15.6. The summed E-state index contributed by atoms with van der Waals surface area (Å²) in [6, 6.07) is 11.3. The highest BCUT2D eigenvalue weighted by molar-refractivity contribution is 5.63. The zero-order chi connectivity index (χ0) is 17.2. The van der Waals surface area contributed by atoms with E-state index in [1.54, 1.807) is 24.5 Å². The first-order chi connectivity index (χ1) is 12.2. The number of anilines is 1. The van der Waals surface area contributed by atoms with Crippen LogP contribution in [0.2, 0.25) is 0 Å². The molecule has 0 aliphatic carbocycles. The number of piperazine rings is 1. The molecular formula is C17H18N6O2. The maximum atomic E-state index is 11.5. The zero-order valence-corrected chi connectivity index (χ0v) is 13.7. The number of fused-ring (bicyclic) bond motifs is 1. The molecule has 128 valence electrons. The van der Waals surface area contributed by atoms with Gasteiger partial charge in [-0.1, -0.05) is 12.1 Å². The Morgan fingerprint density at radius 2 is 1.88 bits per heavy atom. The summed E-state index contributed by atoms with van der Waals surface area (Å²) < 4.78 is 1.54. The van der Waals surface area contributed by atoms with Crippen molar-refractivity contribution in [1.82, 2.24) is 19.3 Å². The van der Waals surface area contributed by atoms with E-state index in [-0.39, 0.29) is 10.7 Å². The van der Waals surface area contributed by atoms with Crippen LogP contribution in [0.4, 0.5) is 11.6 Å². The molecule has 0 spiro atoms. The molecule has 3 aromatic heterocycles. The first kappa shape index (κ1) is 15.5. The molecule has 8 heteroatoms. The van der Waals surface area contributed by atoms with Gasteiger partial charge in [-0.3, -0.25) is 9.88 Å². The molecule has 0 radical (unpaired) electrons. The fourth-order valence-electron chi connectivity index (χ4n) is 3.19. The molecule has 25 heavy (non-hydrogen) atoms. The minimum atomic E-state index is -0.352. The summed E-state index contributed by atoms with van der Waals surface area (Å²) in [5, 5.41) is 11.5. The van der Waals surface area contributed by atoms with Crippen LogP contribution >= 0.6 is 0 Å². The number of pyridine rings is 2. The zero-order valence-electron chi connectivity index (χ0n) is 13.7. The van der Waals surface area contributed by atoms with Crippen LogP contribution in [0.5, 0.6) is 0 Å². The van der Waals surface area contributed by atoms with Crippen LogP contribution in [-0.2, 0) is 6.54 Å². The van der Waals surface area contributed by atoms with Crippen LogP contribution in [0.3, 0.4) is 0 Å². The van der Waals surface area contributed by atoms with E-state index in [1.807, 2.05) is 29.2 Å². The van der Waals surface area contributed by atoms with E-state index in [4.69, 9.17) is 0 Å². The summed E-state index contributed by atoms with van der Waals surface area (Å²) in [6.07, 6.45) is 3.48. The third-order valence-corrected chi connectivity index (χ3v) is 4.44. The predicted molar refractivity (Wildman–Crippen MR) is 93.6 cm³/mol. The van der Waals surface area contributed by atoms with Gasteiger partial charge in [-0.05, 0) is 23.1 Å². The third kappa shape index (κ3) is 3.03. The minimum Gasteiger partial charge on any atom is -0.358 e. The second-order valence-corrected chi connectivity index (χ2v) is 6.03. The Labute approximate surface area is 144 Å². The van der Waals surface area contributed by atoms with Gasteiger partial charge in [0.2, 0.25) is 11.5 Å². The third-order valence-electron chi connectivity index (χ3n) is 4.44. The fraction of sp³-hybridized carbons (Fsp3) is 0.294. The maximum Gasteiger partial charge on any atom is 0.372 e. The maximum absolute atomic E-state index is 11.5. The van der Waals surface area contributed by atoms with E-state index in [1.165, 1.54) is 4.40 Å². The van der Waals surface area contributed by atoms with Crippen LogP contribution < -0.4 is 4.90 Å². The SMILES string of the molecule is O=[N+]([O-])c1c(N2CCN(Cc3ccccn3)CC2)nc2ccccn12. The summed E-state index contributed by atoms with van der Waals surface area (Å²) in [5.41, 5.74) is 1.63. The van der Waals surface area contributed by atoms with Gasteiger partial charge in [-0.2, -0.15) is 9.38 Å². The quantitative estimate of drug-likeness (QED) is 0.534. The van der Waals surface area contributed by atoms with Crippen molar-refractivity contribution in [2.75, 3.05) is 31.1 Å². The first-order valence-corrected chi connectivity index (χ1v) is 8.21. The Hall–Kier alpha value is -3.00. The second-order valence-electron chi connectivity index (χ2n) is 6.03. The molecule has 4 rings (SSSR count). The van der Waals surface area contributed by atoms with Crippen molar-refractivity contribution in [3.8, 4) is 0 Å². The average molecular weight is 338 g/mol. The molecule has 8 nitrogen and oxygen atoms in total. The van der Waals surface area contributed by atoms with E-state index < -0.39 is 0 Å². The second kappa shape index (κ2) is 6.48. The van der Waals surface area contributed by atoms with Gasteiger partial charge >= 0.3 is 5.82 Å². The predicted octanol–water partition coefficient (Wildman–Crippen LogP) is 1.96. The monoisotopic (exact) mass is 338 g/mol. The highest BCUT2D eigenvalue weighted by Crippen LogP contribution is 2.29. The lowest BCUT2D eigenvalue weighted by molar-refractivity contribution is -0.389. The number of nitrogens with zero attached hydrogens (tertiary/aromatic N) is 6. The van der Waals surface area contributed by atoms with E-state index in [9.17, 15) is 10.1 Å². The van der Waals surface area contributed by atoms with Gasteiger partial charge in [-0.15, -0.1) is 0 Å². The lowest BCUT2D eigenvalue weighted by Crippen LogP contribution is -2.46. The Morgan fingerprint density at radius 3 is 2.60 bits per heavy atom. The van der Waals surface area contributed by atoms with Gasteiger partial charge in [0.05, 0.1) is 11.9 Å². The van der Waals surface area contributed by atoms with Crippen molar-refractivity contribution in [2.45, 2.75) is 6.54 Å². The molecule has 0 aromatic carbocycles. The molecular weight excluding hydrogens is 320 g/mol. The van der Waals surface area contributed by atoms with Crippen LogP contribution in [0.1, 0.15) is 5.69 Å². The van der Waals surface area contributed by atoms with Gasteiger partial charge < -0.3 is 15.0 Å². The van der Waals surface area contributed by atoms with Gasteiger partial charge in [0.25, 0.3) is 0 Å². The van der Waals surface area contributed by atoms with Gasteiger partial charge in [0.15, 0.2) is 0 Å². The summed E-state index contributed by atoms with van der Waals surface area (Å²) in [7, 11) is 0. The highest BCUT2D eigenvalue weighted by atomic mass is 16.6. The smallest absolute Gasteiger partial charge is 0.358 e. The molecule has 0 N–H and O–H groups in total. The Bertz CT molecular complexity index is 887. The van der Waals surface area contributed by atoms with Crippen LogP contribution in [0, 0.1) is 10.1 Å². The minimum absolute atomic E-state index is 0.0359. The molecule has 0 unspecified atom stereocenters. The topological polar surface area (TPSA) is 79.8 Å². The molecule has 3 aromatic rings. The average Bonchev–Trinajstić information content (AvgIpc) is 3.03. The molecule has 0 bridgehead atoms. The number of hydrogen-bond acceptors (Lipinski definition) is 6. The Balaban J connectivity index is 1.52. The van der Waals surface area contributed by atoms with E-state index in [0.717, 1.165) is 25.3 Å². The van der Waals surface area contributed by atoms with Crippen molar-refractivity contribution in [1.29, 1.82) is 0 Å². The standard InChI is InChI=1S/C17H18N6O2/c24-23(25)17-16(19-15-6-2-4-8-22(15)17)21-11-9-20(10-12-21)13-14-5-1-3-7-18-14/h1-8H,9-13H2. The number of rotatable bonds is 4. The largest absolute Gasteiger partial charge is 0.372 e. The van der Waals surface area contributed by atoms with E-state index in [0.29, 0.717) is 24.6 Å². The number of nitro groups is 1. The molecule has 0 saturated carbocycles. The van der Waals surface area contributed by atoms with E-state index >= 15 is 0 Å². The molecule has 4 heterocycles. The fourth-order valence-corrected chi connectivity index (χ4v) is 3.19. The number of imidazole rings is 1.